The normalized spacial score (nSPS) is 25.8. The lowest BCUT2D eigenvalue weighted by Gasteiger charge is -2.32. The second-order valence-electron chi connectivity index (χ2n) is 5.47. The van der Waals surface area contributed by atoms with E-state index in [1.165, 1.54) is 32.1 Å². The van der Waals surface area contributed by atoms with Gasteiger partial charge in [-0.15, -0.1) is 11.6 Å². The molecule has 0 N–H and O–H groups in total. The van der Waals surface area contributed by atoms with E-state index in [2.05, 4.69) is 20.8 Å². The van der Waals surface area contributed by atoms with Gasteiger partial charge in [0.15, 0.2) is 0 Å². The monoisotopic (exact) mass is 232 g/mol. The maximum Gasteiger partial charge on any atom is 0.0576 e. The van der Waals surface area contributed by atoms with Crippen LogP contribution >= 0.6 is 11.6 Å². The molecule has 0 saturated carbocycles. The van der Waals surface area contributed by atoms with Crippen LogP contribution in [0, 0.1) is 11.3 Å². The van der Waals surface area contributed by atoms with E-state index in [0.29, 0.717) is 17.4 Å². The second kappa shape index (κ2) is 6.10. The van der Waals surface area contributed by atoms with Gasteiger partial charge in [0.25, 0.3) is 0 Å². The fraction of sp³-hybridized carbons (Fsp3) is 1.00. The molecular weight excluding hydrogens is 208 g/mol. The van der Waals surface area contributed by atoms with E-state index in [1.807, 2.05) is 0 Å². The first-order chi connectivity index (χ1) is 7.08. The molecule has 0 aromatic heterocycles. The third kappa shape index (κ3) is 3.96. The summed E-state index contributed by atoms with van der Waals surface area (Å²) < 4.78 is 5.63. The summed E-state index contributed by atoms with van der Waals surface area (Å²) >= 11 is 6.07. The predicted octanol–water partition coefficient (Wildman–Crippen LogP) is 4.24. The summed E-state index contributed by atoms with van der Waals surface area (Å²) in [5, 5.41) is 0. The summed E-state index contributed by atoms with van der Waals surface area (Å²) in [5.41, 5.74) is 0.306. The van der Waals surface area contributed by atoms with Gasteiger partial charge in [0.05, 0.1) is 6.10 Å². The molecule has 0 aromatic carbocycles. The van der Waals surface area contributed by atoms with E-state index < -0.39 is 0 Å². The van der Waals surface area contributed by atoms with E-state index in [1.54, 1.807) is 0 Å². The largest absolute Gasteiger partial charge is 0.378 e. The minimum atomic E-state index is 0.306. The van der Waals surface area contributed by atoms with Crippen LogP contribution in [0.3, 0.4) is 0 Å². The minimum absolute atomic E-state index is 0.306. The van der Waals surface area contributed by atoms with Gasteiger partial charge in [-0.1, -0.05) is 27.2 Å². The van der Waals surface area contributed by atoms with E-state index in [-0.39, 0.29) is 0 Å². The zero-order valence-electron chi connectivity index (χ0n) is 10.4. The Kier molecular flexibility index (Phi) is 5.42. The van der Waals surface area contributed by atoms with Crippen LogP contribution in [0.15, 0.2) is 0 Å². The first kappa shape index (κ1) is 13.3. The lowest BCUT2D eigenvalue weighted by molar-refractivity contribution is 0.0964. The van der Waals surface area contributed by atoms with E-state index in [0.717, 1.165) is 12.5 Å². The Morgan fingerprint density at radius 3 is 2.67 bits per heavy atom. The molecule has 0 spiro atoms. The van der Waals surface area contributed by atoms with Gasteiger partial charge in [0, 0.05) is 12.5 Å². The van der Waals surface area contributed by atoms with Crippen molar-refractivity contribution in [2.75, 3.05) is 12.5 Å². The van der Waals surface area contributed by atoms with Gasteiger partial charge < -0.3 is 4.74 Å². The summed E-state index contributed by atoms with van der Waals surface area (Å²) in [6.45, 7) is 7.82. The molecule has 2 atom stereocenters. The number of alkyl halides is 1. The van der Waals surface area contributed by atoms with Crippen molar-refractivity contribution in [3.63, 3.8) is 0 Å². The number of rotatable bonds is 6. The molecule has 15 heavy (non-hydrogen) atoms. The summed E-state index contributed by atoms with van der Waals surface area (Å²) in [4.78, 5) is 0. The average molecular weight is 233 g/mol. The first-order valence-electron chi connectivity index (χ1n) is 6.26. The van der Waals surface area contributed by atoms with Gasteiger partial charge >= 0.3 is 0 Å². The standard InChI is InChI=1S/C13H25ClO/c1-11(2)13(3,10-14)8-4-6-12-7-5-9-15-12/h11-12H,4-10H2,1-3H3. The molecule has 0 bridgehead atoms. The smallest absolute Gasteiger partial charge is 0.0576 e. The van der Waals surface area contributed by atoms with Gasteiger partial charge in [0.1, 0.15) is 0 Å². The third-order valence-electron chi connectivity index (χ3n) is 4.00. The minimum Gasteiger partial charge on any atom is -0.378 e. The van der Waals surface area contributed by atoms with Crippen LogP contribution in [-0.4, -0.2) is 18.6 Å². The molecule has 1 heterocycles. The molecule has 2 heteroatoms. The number of hydrogen-bond donors (Lipinski definition) is 0. The molecule has 0 radical (unpaired) electrons. The lowest BCUT2D eigenvalue weighted by Crippen LogP contribution is -2.25. The highest BCUT2D eigenvalue weighted by Crippen LogP contribution is 2.34. The van der Waals surface area contributed by atoms with Gasteiger partial charge in [0.2, 0.25) is 0 Å². The first-order valence-corrected chi connectivity index (χ1v) is 6.79. The molecule has 1 nitrogen and oxygen atoms in total. The van der Waals surface area contributed by atoms with Gasteiger partial charge in [-0.05, 0) is 37.0 Å². The quantitative estimate of drug-likeness (QED) is 0.623. The van der Waals surface area contributed by atoms with Crippen molar-refractivity contribution in [3.05, 3.63) is 0 Å². The Bertz CT molecular complexity index is 175. The van der Waals surface area contributed by atoms with Gasteiger partial charge in [-0.3, -0.25) is 0 Å². The summed E-state index contributed by atoms with van der Waals surface area (Å²) in [6.07, 6.45) is 6.76. The number of hydrogen-bond acceptors (Lipinski definition) is 1. The van der Waals surface area contributed by atoms with Gasteiger partial charge in [-0.25, -0.2) is 0 Å². The molecule has 90 valence electrons. The van der Waals surface area contributed by atoms with Crippen LogP contribution < -0.4 is 0 Å². The summed E-state index contributed by atoms with van der Waals surface area (Å²) in [5.74, 6) is 1.44. The molecule has 0 aliphatic carbocycles. The van der Waals surface area contributed by atoms with Gasteiger partial charge in [-0.2, -0.15) is 0 Å². The van der Waals surface area contributed by atoms with Crippen molar-refractivity contribution in [1.82, 2.24) is 0 Å². The average Bonchev–Trinajstić information content (AvgIpc) is 2.70. The van der Waals surface area contributed by atoms with Crippen molar-refractivity contribution in [1.29, 1.82) is 0 Å². The molecular formula is C13H25ClO. The Hall–Kier alpha value is 0.250. The topological polar surface area (TPSA) is 9.23 Å². The number of halogens is 1. The van der Waals surface area contributed by atoms with Crippen molar-refractivity contribution in [2.45, 2.75) is 59.0 Å². The zero-order valence-corrected chi connectivity index (χ0v) is 11.1. The Morgan fingerprint density at radius 1 is 1.47 bits per heavy atom. The molecule has 1 fully saturated rings. The fourth-order valence-electron chi connectivity index (χ4n) is 2.12. The number of ether oxygens (including phenoxy) is 1. The Balaban J connectivity index is 2.22. The van der Waals surface area contributed by atoms with E-state index >= 15 is 0 Å². The zero-order chi connectivity index (χ0) is 11.3. The molecule has 2 unspecified atom stereocenters. The highest BCUT2D eigenvalue weighted by molar-refractivity contribution is 6.18. The van der Waals surface area contributed by atoms with Crippen LogP contribution in [0.4, 0.5) is 0 Å². The highest BCUT2D eigenvalue weighted by atomic mass is 35.5. The third-order valence-corrected chi connectivity index (χ3v) is 4.61. The molecule has 1 saturated heterocycles. The second-order valence-corrected chi connectivity index (χ2v) is 5.74. The van der Waals surface area contributed by atoms with Crippen molar-refractivity contribution < 1.29 is 4.74 Å². The summed E-state index contributed by atoms with van der Waals surface area (Å²) in [6, 6.07) is 0. The molecule has 1 rings (SSSR count). The predicted molar refractivity (Wildman–Crippen MR) is 66.5 cm³/mol. The van der Waals surface area contributed by atoms with Crippen molar-refractivity contribution in [3.8, 4) is 0 Å². The molecule has 1 aliphatic heterocycles. The lowest BCUT2D eigenvalue weighted by atomic mass is 9.76. The molecule has 0 amide bonds. The molecule has 0 aromatic rings. The highest BCUT2D eigenvalue weighted by Gasteiger charge is 2.27. The van der Waals surface area contributed by atoms with E-state index in [9.17, 15) is 0 Å². The van der Waals surface area contributed by atoms with Crippen molar-refractivity contribution in [2.24, 2.45) is 11.3 Å². The van der Waals surface area contributed by atoms with Crippen LogP contribution in [0.25, 0.3) is 0 Å². The van der Waals surface area contributed by atoms with Crippen LogP contribution in [0.1, 0.15) is 52.9 Å². The van der Waals surface area contributed by atoms with Crippen LogP contribution in [-0.2, 0) is 4.74 Å². The van der Waals surface area contributed by atoms with Crippen LogP contribution in [0.5, 0.6) is 0 Å². The fourth-order valence-corrected chi connectivity index (χ4v) is 2.56. The Labute approximate surface area is 99.5 Å². The maximum atomic E-state index is 6.07. The summed E-state index contributed by atoms with van der Waals surface area (Å²) in [7, 11) is 0. The van der Waals surface area contributed by atoms with Crippen molar-refractivity contribution >= 4 is 11.6 Å². The molecule has 1 aliphatic rings. The Morgan fingerprint density at radius 2 is 2.20 bits per heavy atom. The van der Waals surface area contributed by atoms with Crippen LogP contribution in [0.2, 0.25) is 0 Å². The van der Waals surface area contributed by atoms with E-state index in [4.69, 9.17) is 16.3 Å². The SMILES string of the molecule is CC(C)C(C)(CCl)CCCC1CCCO1. The maximum absolute atomic E-state index is 6.07.